The van der Waals surface area contributed by atoms with Gasteiger partial charge in [-0.2, -0.15) is 0 Å². The first-order valence-corrected chi connectivity index (χ1v) is 6.29. The third-order valence-corrected chi connectivity index (χ3v) is 2.67. The van der Waals surface area contributed by atoms with Crippen LogP contribution in [-0.4, -0.2) is 16.1 Å². The van der Waals surface area contributed by atoms with E-state index < -0.39 is 5.97 Å². The molecular formula is C14H9Cl2NO3. The second-order valence-corrected chi connectivity index (χ2v) is 4.68. The van der Waals surface area contributed by atoms with Gasteiger partial charge in [0.25, 0.3) is 0 Å². The van der Waals surface area contributed by atoms with Crippen LogP contribution in [0.1, 0.15) is 5.56 Å². The molecule has 20 heavy (non-hydrogen) atoms. The zero-order chi connectivity index (χ0) is 14.5. The average molecular weight is 310 g/mol. The maximum Gasteiger partial charge on any atom is 0.328 e. The largest absolute Gasteiger partial charge is 0.478 e. The third-order valence-electron chi connectivity index (χ3n) is 2.24. The highest BCUT2D eigenvalue weighted by Crippen LogP contribution is 2.27. The Morgan fingerprint density at radius 3 is 2.45 bits per heavy atom. The van der Waals surface area contributed by atoms with Crippen LogP contribution in [0.4, 0.5) is 0 Å². The summed E-state index contributed by atoms with van der Waals surface area (Å²) in [4.78, 5) is 14.4. The second kappa shape index (κ2) is 6.41. The van der Waals surface area contributed by atoms with Gasteiger partial charge in [0.2, 0.25) is 5.88 Å². The molecule has 1 heterocycles. The minimum absolute atomic E-state index is 0.357. The summed E-state index contributed by atoms with van der Waals surface area (Å²) in [6, 6.07) is 8.15. The molecule has 6 heteroatoms. The van der Waals surface area contributed by atoms with Crippen LogP contribution in [0, 0.1) is 0 Å². The molecule has 0 bridgehead atoms. The van der Waals surface area contributed by atoms with Gasteiger partial charge in [-0.25, -0.2) is 9.78 Å². The SMILES string of the molecule is O=C(O)/C=C/c1ccc(Oc2cc(Cl)cc(Cl)c2)nc1. The molecule has 0 unspecified atom stereocenters. The summed E-state index contributed by atoms with van der Waals surface area (Å²) in [5.41, 5.74) is 0.656. The van der Waals surface area contributed by atoms with Crippen molar-refractivity contribution < 1.29 is 14.6 Å². The van der Waals surface area contributed by atoms with Gasteiger partial charge in [-0.15, -0.1) is 0 Å². The first-order valence-electron chi connectivity index (χ1n) is 5.54. The molecule has 0 fully saturated rings. The standard InChI is InChI=1S/C14H9Cl2NO3/c15-10-5-11(16)7-12(6-10)20-13-3-1-9(8-17-13)2-4-14(18)19/h1-8H,(H,18,19)/b4-2+. The van der Waals surface area contributed by atoms with E-state index in [1.807, 2.05) is 0 Å². The summed E-state index contributed by atoms with van der Waals surface area (Å²) in [7, 11) is 0. The number of aliphatic carboxylic acids is 1. The van der Waals surface area contributed by atoms with Gasteiger partial charge in [-0.3, -0.25) is 0 Å². The van der Waals surface area contributed by atoms with E-state index in [-0.39, 0.29) is 0 Å². The lowest BCUT2D eigenvalue weighted by Crippen LogP contribution is -1.89. The number of halogens is 2. The Morgan fingerprint density at radius 2 is 1.90 bits per heavy atom. The van der Waals surface area contributed by atoms with E-state index in [1.165, 1.54) is 12.3 Å². The summed E-state index contributed by atoms with van der Waals surface area (Å²) in [6.07, 6.45) is 3.98. The Morgan fingerprint density at radius 1 is 1.20 bits per heavy atom. The molecule has 0 atom stereocenters. The lowest BCUT2D eigenvalue weighted by molar-refractivity contribution is -0.131. The van der Waals surface area contributed by atoms with Gasteiger partial charge < -0.3 is 9.84 Å². The number of hydrogen-bond acceptors (Lipinski definition) is 3. The summed E-state index contributed by atoms with van der Waals surface area (Å²) in [6.45, 7) is 0. The van der Waals surface area contributed by atoms with E-state index in [4.69, 9.17) is 33.0 Å². The fourth-order valence-corrected chi connectivity index (χ4v) is 1.93. The van der Waals surface area contributed by atoms with Gasteiger partial charge in [0, 0.05) is 28.4 Å². The molecule has 0 aliphatic rings. The van der Waals surface area contributed by atoms with Crippen LogP contribution in [0.3, 0.4) is 0 Å². The smallest absolute Gasteiger partial charge is 0.328 e. The molecule has 1 aromatic heterocycles. The van der Waals surface area contributed by atoms with Crippen molar-refractivity contribution in [2.45, 2.75) is 0 Å². The van der Waals surface area contributed by atoms with Crippen molar-refractivity contribution in [3.8, 4) is 11.6 Å². The predicted molar refractivity (Wildman–Crippen MR) is 77.4 cm³/mol. The minimum Gasteiger partial charge on any atom is -0.478 e. The van der Waals surface area contributed by atoms with Crippen LogP contribution in [0.15, 0.2) is 42.6 Å². The number of aromatic nitrogens is 1. The first-order chi connectivity index (χ1) is 9.52. The molecule has 1 N–H and O–H groups in total. The highest BCUT2D eigenvalue weighted by molar-refractivity contribution is 6.34. The molecule has 0 amide bonds. The second-order valence-electron chi connectivity index (χ2n) is 3.81. The first kappa shape index (κ1) is 14.4. The van der Waals surface area contributed by atoms with E-state index >= 15 is 0 Å². The molecule has 2 aromatic rings. The van der Waals surface area contributed by atoms with E-state index in [2.05, 4.69) is 4.98 Å². The van der Waals surface area contributed by atoms with E-state index in [0.29, 0.717) is 27.2 Å². The minimum atomic E-state index is -1.01. The Balaban J connectivity index is 2.12. The molecule has 1 aromatic carbocycles. The molecule has 0 saturated heterocycles. The van der Waals surface area contributed by atoms with Crippen molar-refractivity contribution in [2.24, 2.45) is 0 Å². The molecule has 0 aliphatic heterocycles. The molecule has 4 nitrogen and oxygen atoms in total. The Bertz CT molecular complexity index is 634. The van der Waals surface area contributed by atoms with Gasteiger partial charge in [-0.05, 0) is 35.9 Å². The molecule has 2 rings (SSSR count). The molecule has 0 saturated carbocycles. The Hall–Kier alpha value is -2.04. The Labute approximate surface area is 125 Å². The number of rotatable bonds is 4. The maximum absolute atomic E-state index is 10.4. The number of carbonyl (C=O) groups is 1. The molecule has 0 spiro atoms. The van der Waals surface area contributed by atoms with Gasteiger partial charge in [0.15, 0.2) is 0 Å². The predicted octanol–water partition coefficient (Wildman–Crippen LogP) is 4.28. The molecular weight excluding hydrogens is 301 g/mol. The van der Waals surface area contributed by atoms with Crippen LogP contribution < -0.4 is 4.74 Å². The number of pyridine rings is 1. The van der Waals surface area contributed by atoms with Gasteiger partial charge in [-0.1, -0.05) is 23.2 Å². The summed E-state index contributed by atoms with van der Waals surface area (Å²) >= 11 is 11.7. The van der Waals surface area contributed by atoms with Crippen molar-refractivity contribution in [1.29, 1.82) is 0 Å². The number of carboxylic acid groups (broad SMARTS) is 1. The zero-order valence-electron chi connectivity index (χ0n) is 10.1. The van der Waals surface area contributed by atoms with Gasteiger partial charge in [0.1, 0.15) is 5.75 Å². The quantitative estimate of drug-likeness (QED) is 0.856. The molecule has 102 valence electrons. The molecule has 0 radical (unpaired) electrons. The van der Waals surface area contributed by atoms with Gasteiger partial charge in [0.05, 0.1) is 0 Å². The topological polar surface area (TPSA) is 59.4 Å². The normalized spacial score (nSPS) is 10.7. The lowest BCUT2D eigenvalue weighted by atomic mass is 10.2. The van der Waals surface area contributed by atoms with Crippen molar-refractivity contribution in [3.63, 3.8) is 0 Å². The van der Waals surface area contributed by atoms with Crippen molar-refractivity contribution >= 4 is 35.2 Å². The number of nitrogens with zero attached hydrogens (tertiary/aromatic N) is 1. The number of hydrogen-bond donors (Lipinski definition) is 1. The lowest BCUT2D eigenvalue weighted by Gasteiger charge is -2.05. The van der Waals surface area contributed by atoms with E-state index in [1.54, 1.807) is 30.3 Å². The number of benzene rings is 1. The van der Waals surface area contributed by atoms with E-state index in [0.717, 1.165) is 6.08 Å². The number of ether oxygens (including phenoxy) is 1. The van der Waals surface area contributed by atoms with Crippen molar-refractivity contribution in [3.05, 3.63) is 58.2 Å². The van der Waals surface area contributed by atoms with Crippen molar-refractivity contribution in [2.75, 3.05) is 0 Å². The van der Waals surface area contributed by atoms with Crippen molar-refractivity contribution in [1.82, 2.24) is 4.98 Å². The zero-order valence-corrected chi connectivity index (χ0v) is 11.6. The maximum atomic E-state index is 10.4. The fraction of sp³-hybridized carbons (Fsp3) is 0. The summed E-state index contributed by atoms with van der Waals surface area (Å²) in [5, 5.41) is 9.45. The molecule has 0 aliphatic carbocycles. The number of carboxylic acids is 1. The van der Waals surface area contributed by atoms with E-state index in [9.17, 15) is 4.79 Å². The van der Waals surface area contributed by atoms with Crippen LogP contribution in [-0.2, 0) is 4.79 Å². The highest BCUT2D eigenvalue weighted by atomic mass is 35.5. The average Bonchev–Trinajstić information content (AvgIpc) is 2.36. The van der Waals surface area contributed by atoms with Crippen LogP contribution in [0.5, 0.6) is 11.6 Å². The van der Waals surface area contributed by atoms with Crippen LogP contribution in [0.25, 0.3) is 6.08 Å². The summed E-state index contributed by atoms with van der Waals surface area (Å²) in [5.74, 6) is -0.182. The summed E-state index contributed by atoms with van der Waals surface area (Å²) < 4.78 is 5.50. The van der Waals surface area contributed by atoms with Gasteiger partial charge >= 0.3 is 5.97 Å². The highest BCUT2D eigenvalue weighted by Gasteiger charge is 2.02. The fourth-order valence-electron chi connectivity index (χ4n) is 1.43. The Kier molecular flexibility index (Phi) is 4.61. The monoisotopic (exact) mass is 309 g/mol. The van der Waals surface area contributed by atoms with Crippen LogP contribution in [0.2, 0.25) is 10.0 Å². The third kappa shape index (κ3) is 4.26. The van der Waals surface area contributed by atoms with Crippen LogP contribution >= 0.6 is 23.2 Å².